The van der Waals surface area contributed by atoms with Gasteiger partial charge in [-0.1, -0.05) is 22.9 Å². The van der Waals surface area contributed by atoms with Crippen LogP contribution >= 0.6 is 11.6 Å². The third-order valence-corrected chi connectivity index (χ3v) is 2.56. The van der Waals surface area contributed by atoms with Crippen molar-refractivity contribution in [1.29, 1.82) is 0 Å². The first-order valence-corrected chi connectivity index (χ1v) is 5.48. The van der Waals surface area contributed by atoms with Gasteiger partial charge >= 0.3 is 6.18 Å². The van der Waals surface area contributed by atoms with E-state index in [1.54, 1.807) is 0 Å². The summed E-state index contributed by atoms with van der Waals surface area (Å²) in [6.45, 7) is 1.00. The van der Waals surface area contributed by atoms with Crippen LogP contribution in [0.15, 0.2) is 24.3 Å². The first-order chi connectivity index (χ1) is 8.80. The number of carbonyl (C=O) groups is 1. The highest BCUT2D eigenvalue weighted by Gasteiger charge is 2.41. The highest BCUT2D eigenvalue weighted by atomic mass is 35.5. The van der Waals surface area contributed by atoms with Crippen LogP contribution in [0.3, 0.4) is 0 Å². The summed E-state index contributed by atoms with van der Waals surface area (Å²) in [5, 5.41) is 6.93. The van der Waals surface area contributed by atoms with Crippen molar-refractivity contribution < 1.29 is 18.0 Å². The molecule has 0 fully saturated rings. The summed E-state index contributed by atoms with van der Waals surface area (Å²) in [6, 6.07) is 5.68. The number of aromatic nitrogens is 3. The molecule has 0 atom stereocenters. The van der Waals surface area contributed by atoms with Crippen molar-refractivity contribution in [2.75, 3.05) is 0 Å². The van der Waals surface area contributed by atoms with E-state index in [9.17, 15) is 18.0 Å². The van der Waals surface area contributed by atoms with E-state index >= 15 is 0 Å². The highest BCUT2D eigenvalue weighted by Crippen LogP contribution is 2.33. The van der Waals surface area contributed by atoms with E-state index in [-0.39, 0.29) is 10.7 Å². The fourth-order valence-electron chi connectivity index (χ4n) is 1.56. The van der Waals surface area contributed by atoms with Gasteiger partial charge in [-0.05, 0) is 18.2 Å². The molecule has 4 nitrogen and oxygen atoms in total. The van der Waals surface area contributed by atoms with Crippen LogP contribution in [0.5, 0.6) is 0 Å². The molecular formula is C11H7ClF3N3O. The van der Waals surface area contributed by atoms with Gasteiger partial charge in [0.2, 0.25) is 0 Å². The molecule has 0 unspecified atom stereocenters. The van der Waals surface area contributed by atoms with Gasteiger partial charge in [-0.2, -0.15) is 13.2 Å². The molecule has 2 aromatic rings. The number of rotatable bonds is 2. The number of benzene rings is 1. The topological polar surface area (TPSA) is 47.8 Å². The van der Waals surface area contributed by atoms with E-state index < -0.39 is 23.3 Å². The normalized spacial score (nSPS) is 11.6. The van der Waals surface area contributed by atoms with Gasteiger partial charge in [-0.3, -0.25) is 4.79 Å². The smallest absolute Gasteiger partial charge is 0.293 e. The van der Waals surface area contributed by atoms with Crippen molar-refractivity contribution in [1.82, 2.24) is 15.0 Å². The number of hydrogen-bond acceptors (Lipinski definition) is 3. The van der Waals surface area contributed by atoms with Gasteiger partial charge in [0.1, 0.15) is 0 Å². The Morgan fingerprint density at radius 3 is 2.58 bits per heavy atom. The Morgan fingerprint density at radius 2 is 2.05 bits per heavy atom. The Bertz CT molecular complexity index is 636. The van der Waals surface area contributed by atoms with Crippen molar-refractivity contribution in [3.8, 4) is 5.69 Å². The number of halogens is 4. The SMILES string of the molecule is CC(=O)c1nnn(-c2cccc(Cl)c2)c1C(F)(F)F. The molecule has 0 saturated carbocycles. The Labute approximate surface area is 110 Å². The van der Waals surface area contributed by atoms with Crippen LogP contribution in [0.4, 0.5) is 13.2 Å². The van der Waals surface area contributed by atoms with Crippen LogP contribution in [0, 0.1) is 0 Å². The van der Waals surface area contributed by atoms with Crippen LogP contribution in [-0.2, 0) is 6.18 Å². The lowest BCUT2D eigenvalue weighted by molar-refractivity contribution is -0.143. The second-order valence-electron chi connectivity index (χ2n) is 3.73. The summed E-state index contributed by atoms with van der Waals surface area (Å²) < 4.78 is 39.6. The molecule has 0 aliphatic carbocycles. The molecule has 2 rings (SSSR count). The van der Waals surface area contributed by atoms with Gasteiger partial charge < -0.3 is 0 Å². The molecule has 1 aromatic carbocycles. The first kappa shape index (κ1) is 13.5. The molecule has 0 radical (unpaired) electrons. The summed E-state index contributed by atoms with van der Waals surface area (Å²) in [7, 11) is 0. The first-order valence-electron chi connectivity index (χ1n) is 5.10. The minimum absolute atomic E-state index is 0.0832. The highest BCUT2D eigenvalue weighted by molar-refractivity contribution is 6.30. The molecule has 100 valence electrons. The molecule has 0 aliphatic rings. The van der Waals surface area contributed by atoms with Crippen molar-refractivity contribution in [2.24, 2.45) is 0 Å². The number of hydrogen-bond donors (Lipinski definition) is 0. The van der Waals surface area contributed by atoms with Gasteiger partial charge in [0.25, 0.3) is 0 Å². The van der Waals surface area contributed by atoms with Crippen LogP contribution in [0.2, 0.25) is 5.02 Å². The molecule has 0 spiro atoms. The van der Waals surface area contributed by atoms with Crippen LogP contribution in [-0.4, -0.2) is 20.8 Å². The zero-order valence-corrected chi connectivity index (χ0v) is 10.3. The average molecular weight is 290 g/mol. The summed E-state index contributed by atoms with van der Waals surface area (Å²) in [4.78, 5) is 11.2. The standard InChI is InChI=1S/C11H7ClF3N3O/c1-6(19)9-10(11(13,14)15)18(17-16-9)8-4-2-3-7(12)5-8/h2-5H,1H3. The molecule has 0 N–H and O–H groups in total. The third-order valence-electron chi connectivity index (χ3n) is 2.33. The lowest BCUT2D eigenvalue weighted by atomic mass is 10.2. The zero-order valence-electron chi connectivity index (χ0n) is 9.57. The maximum atomic E-state index is 13.0. The Hall–Kier alpha value is -1.89. The van der Waals surface area contributed by atoms with Gasteiger partial charge in [-0.15, -0.1) is 5.10 Å². The van der Waals surface area contributed by atoms with Crippen molar-refractivity contribution in [2.45, 2.75) is 13.1 Å². The molecule has 19 heavy (non-hydrogen) atoms. The second kappa shape index (κ2) is 4.65. The lowest BCUT2D eigenvalue weighted by Gasteiger charge is -2.10. The predicted octanol–water partition coefficient (Wildman–Crippen LogP) is 3.14. The quantitative estimate of drug-likeness (QED) is 0.798. The van der Waals surface area contributed by atoms with Crippen LogP contribution in [0.25, 0.3) is 5.69 Å². The number of alkyl halides is 3. The molecule has 8 heteroatoms. The lowest BCUT2D eigenvalue weighted by Crippen LogP contribution is -2.16. The number of carbonyl (C=O) groups excluding carboxylic acids is 1. The monoisotopic (exact) mass is 289 g/mol. The van der Waals surface area contributed by atoms with E-state index in [1.807, 2.05) is 0 Å². The molecule has 1 heterocycles. The zero-order chi connectivity index (χ0) is 14.2. The maximum Gasteiger partial charge on any atom is 0.435 e. The number of nitrogens with zero attached hydrogens (tertiary/aromatic N) is 3. The molecular weight excluding hydrogens is 283 g/mol. The van der Waals surface area contributed by atoms with Crippen LogP contribution < -0.4 is 0 Å². The van der Waals surface area contributed by atoms with Gasteiger partial charge in [0.15, 0.2) is 17.2 Å². The van der Waals surface area contributed by atoms with Gasteiger partial charge in [-0.25, -0.2) is 4.68 Å². The summed E-state index contributed by atoms with van der Waals surface area (Å²) in [5.74, 6) is -0.805. The largest absolute Gasteiger partial charge is 0.435 e. The predicted molar refractivity (Wildman–Crippen MR) is 61.4 cm³/mol. The van der Waals surface area contributed by atoms with Crippen LogP contribution in [0.1, 0.15) is 23.1 Å². The number of ketones is 1. The van der Waals surface area contributed by atoms with Crippen molar-refractivity contribution in [3.05, 3.63) is 40.7 Å². The average Bonchev–Trinajstić information content (AvgIpc) is 2.73. The molecule has 0 bridgehead atoms. The minimum Gasteiger partial charge on any atom is -0.293 e. The van der Waals surface area contributed by atoms with Gasteiger partial charge in [0, 0.05) is 11.9 Å². The second-order valence-corrected chi connectivity index (χ2v) is 4.17. The van der Waals surface area contributed by atoms with E-state index in [0.717, 1.165) is 6.92 Å². The van der Waals surface area contributed by atoms with Crippen molar-refractivity contribution >= 4 is 17.4 Å². The fourth-order valence-corrected chi connectivity index (χ4v) is 1.75. The molecule has 1 aromatic heterocycles. The summed E-state index contributed by atoms with van der Waals surface area (Å²) >= 11 is 5.72. The Morgan fingerprint density at radius 1 is 1.37 bits per heavy atom. The Balaban J connectivity index is 2.68. The third kappa shape index (κ3) is 2.60. The Kier molecular flexibility index (Phi) is 3.32. The van der Waals surface area contributed by atoms with E-state index in [1.165, 1.54) is 24.3 Å². The van der Waals surface area contributed by atoms with Gasteiger partial charge in [0.05, 0.1) is 5.69 Å². The molecule has 0 aliphatic heterocycles. The summed E-state index contributed by atoms with van der Waals surface area (Å²) in [6.07, 6.45) is -4.74. The van der Waals surface area contributed by atoms with E-state index in [2.05, 4.69) is 10.3 Å². The maximum absolute atomic E-state index is 13.0. The van der Waals surface area contributed by atoms with E-state index in [4.69, 9.17) is 11.6 Å². The fraction of sp³-hybridized carbons (Fsp3) is 0.182. The van der Waals surface area contributed by atoms with E-state index in [0.29, 0.717) is 4.68 Å². The van der Waals surface area contributed by atoms with Crippen molar-refractivity contribution in [3.63, 3.8) is 0 Å². The summed E-state index contributed by atoms with van der Waals surface area (Å²) in [5.41, 5.74) is -1.84. The minimum atomic E-state index is -4.74. The molecule has 0 saturated heterocycles. The number of Topliss-reactive ketones (excluding diaryl/α,β-unsaturated/α-hetero) is 1. The molecule has 0 amide bonds.